The molecule has 0 spiro atoms. The van der Waals surface area contributed by atoms with Crippen LogP contribution in [0.5, 0.6) is 0 Å². The average Bonchev–Trinajstić information content (AvgIpc) is 2.43. The van der Waals surface area contributed by atoms with E-state index in [0.717, 1.165) is 10.5 Å². The number of aliphatic carboxylic acids is 1. The zero-order chi connectivity index (χ0) is 17.1. The fourth-order valence-electron chi connectivity index (χ4n) is 1.59. The second kappa shape index (κ2) is 6.84. The number of pyridine rings is 1. The molecule has 122 valence electrons. The molecule has 8 nitrogen and oxygen atoms in total. The molecule has 0 radical (unpaired) electrons. The number of sulfonamides is 1. The number of carboxylic acids is 1. The van der Waals surface area contributed by atoms with Gasteiger partial charge in [0.15, 0.2) is 5.03 Å². The summed E-state index contributed by atoms with van der Waals surface area (Å²) in [7, 11) is -0.927. The Morgan fingerprint density at radius 3 is 2.23 bits per heavy atom. The van der Waals surface area contributed by atoms with Gasteiger partial charge in [0, 0.05) is 20.3 Å². The second-order valence-corrected chi connectivity index (χ2v) is 7.30. The van der Waals surface area contributed by atoms with Crippen molar-refractivity contribution < 1.29 is 23.1 Å². The van der Waals surface area contributed by atoms with E-state index < -0.39 is 27.9 Å². The third kappa shape index (κ3) is 4.01. The van der Waals surface area contributed by atoms with Crippen molar-refractivity contribution >= 4 is 21.9 Å². The smallest absolute Gasteiger partial charge is 0.326 e. The van der Waals surface area contributed by atoms with Crippen LogP contribution in [0.4, 0.5) is 0 Å². The minimum Gasteiger partial charge on any atom is -0.480 e. The quantitative estimate of drug-likeness (QED) is 0.768. The van der Waals surface area contributed by atoms with Crippen molar-refractivity contribution in [2.24, 2.45) is 5.92 Å². The number of carbonyl (C=O) groups excluding carboxylic acids is 1. The van der Waals surface area contributed by atoms with Crippen LogP contribution >= 0.6 is 0 Å². The Bertz CT molecular complexity index is 653. The van der Waals surface area contributed by atoms with Crippen molar-refractivity contribution in [1.29, 1.82) is 0 Å². The number of rotatable bonds is 6. The first-order valence-electron chi connectivity index (χ1n) is 6.49. The highest BCUT2D eigenvalue weighted by molar-refractivity contribution is 7.89. The number of amides is 1. The SMILES string of the molecule is CC(C)[C@H](NC(=O)c1ccc(S(=O)(=O)N(C)C)nc1)C(=O)O. The number of nitrogens with one attached hydrogen (secondary N) is 1. The van der Waals surface area contributed by atoms with Crippen LogP contribution in [0.3, 0.4) is 0 Å². The lowest BCUT2D eigenvalue weighted by molar-refractivity contribution is -0.140. The number of aromatic nitrogens is 1. The minimum atomic E-state index is -3.67. The van der Waals surface area contributed by atoms with Gasteiger partial charge in [0.2, 0.25) is 0 Å². The van der Waals surface area contributed by atoms with E-state index in [1.54, 1.807) is 13.8 Å². The Hall–Kier alpha value is -2.00. The Balaban J connectivity index is 2.96. The van der Waals surface area contributed by atoms with Gasteiger partial charge in [-0.3, -0.25) is 4.79 Å². The van der Waals surface area contributed by atoms with Crippen molar-refractivity contribution in [1.82, 2.24) is 14.6 Å². The molecule has 1 atom stereocenters. The van der Waals surface area contributed by atoms with Gasteiger partial charge in [-0.15, -0.1) is 0 Å². The maximum absolute atomic E-state index is 12.0. The van der Waals surface area contributed by atoms with Crippen LogP contribution in [0.2, 0.25) is 0 Å². The lowest BCUT2D eigenvalue weighted by atomic mass is 10.0. The zero-order valence-electron chi connectivity index (χ0n) is 12.8. The summed E-state index contributed by atoms with van der Waals surface area (Å²) in [6.07, 6.45) is 1.10. The highest BCUT2D eigenvalue weighted by atomic mass is 32.2. The van der Waals surface area contributed by atoms with Gasteiger partial charge >= 0.3 is 5.97 Å². The topological polar surface area (TPSA) is 117 Å². The largest absolute Gasteiger partial charge is 0.480 e. The van der Waals surface area contributed by atoms with Gasteiger partial charge in [-0.2, -0.15) is 0 Å². The minimum absolute atomic E-state index is 0.0876. The van der Waals surface area contributed by atoms with Crippen molar-refractivity contribution in [2.75, 3.05) is 14.1 Å². The standard InChI is InChI=1S/C13H19N3O5S/c1-8(2)11(13(18)19)15-12(17)9-5-6-10(14-7-9)22(20,21)16(3)4/h5-8,11H,1-4H3,(H,15,17)(H,18,19)/t11-/m0/s1. The van der Waals surface area contributed by atoms with E-state index in [-0.39, 0.29) is 16.5 Å². The third-order valence-electron chi connectivity index (χ3n) is 2.96. The first-order chi connectivity index (χ1) is 10.1. The molecule has 0 aliphatic carbocycles. The summed E-state index contributed by atoms with van der Waals surface area (Å²) < 4.78 is 24.7. The first kappa shape index (κ1) is 18.1. The van der Waals surface area contributed by atoms with Crippen LogP contribution in [0.25, 0.3) is 0 Å². The van der Waals surface area contributed by atoms with Crippen molar-refractivity contribution in [2.45, 2.75) is 24.9 Å². The molecule has 9 heteroatoms. The van der Waals surface area contributed by atoms with Crippen LogP contribution in [0.1, 0.15) is 24.2 Å². The lowest BCUT2D eigenvalue weighted by Gasteiger charge is -2.17. The summed E-state index contributed by atoms with van der Waals surface area (Å²) in [5.41, 5.74) is 0.0876. The molecule has 0 saturated heterocycles. The molecule has 0 saturated carbocycles. The van der Waals surface area contributed by atoms with Crippen LogP contribution in [0.15, 0.2) is 23.4 Å². The Kier molecular flexibility index (Phi) is 5.61. The maximum atomic E-state index is 12.0. The number of hydrogen-bond donors (Lipinski definition) is 2. The molecule has 2 N–H and O–H groups in total. The Morgan fingerprint density at radius 1 is 1.27 bits per heavy atom. The fraction of sp³-hybridized carbons (Fsp3) is 0.462. The normalized spacial score (nSPS) is 13.2. The van der Waals surface area contributed by atoms with E-state index in [2.05, 4.69) is 10.3 Å². The van der Waals surface area contributed by atoms with E-state index in [9.17, 15) is 18.0 Å². The van der Waals surface area contributed by atoms with Crippen molar-refractivity contribution in [3.05, 3.63) is 23.9 Å². The predicted molar refractivity (Wildman–Crippen MR) is 78.8 cm³/mol. The van der Waals surface area contributed by atoms with Crippen LogP contribution < -0.4 is 5.32 Å². The predicted octanol–water partition coefficient (Wildman–Crippen LogP) is 0.171. The molecule has 1 amide bonds. The highest BCUT2D eigenvalue weighted by Gasteiger charge is 2.24. The van der Waals surface area contributed by atoms with Crippen molar-refractivity contribution in [3.63, 3.8) is 0 Å². The van der Waals surface area contributed by atoms with E-state index >= 15 is 0 Å². The summed E-state index contributed by atoms with van der Waals surface area (Å²) >= 11 is 0. The molecule has 1 heterocycles. The Morgan fingerprint density at radius 2 is 1.86 bits per heavy atom. The molecule has 22 heavy (non-hydrogen) atoms. The summed E-state index contributed by atoms with van der Waals surface area (Å²) in [5.74, 6) is -2.05. The van der Waals surface area contributed by atoms with Gasteiger partial charge in [0.05, 0.1) is 5.56 Å². The van der Waals surface area contributed by atoms with E-state index in [1.165, 1.54) is 26.2 Å². The summed E-state index contributed by atoms with van der Waals surface area (Å²) in [6.45, 7) is 3.34. The highest BCUT2D eigenvalue weighted by Crippen LogP contribution is 2.11. The van der Waals surface area contributed by atoms with E-state index in [4.69, 9.17) is 5.11 Å². The third-order valence-corrected chi connectivity index (χ3v) is 4.69. The zero-order valence-corrected chi connectivity index (χ0v) is 13.6. The second-order valence-electron chi connectivity index (χ2n) is 5.21. The molecular weight excluding hydrogens is 310 g/mol. The molecule has 1 aromatic heterocycles. The Labute approximate surface area is 129 Å². The van der Waals surface area contributed by atoms with Gasteiger partial charge < -0.3 is 10.4 Å². The molecule has 0 aromatic carbocycles. The monoisotopic (exact) mass is 329 g/mol. The van der Waals surface area contributed by atoms with Gasteiger partial charge in [0.25, 0.3) is 15.9 Å². The van der Waals surface area contributed by atoms with Crippen molar-refractivity contribution in [3.8, 4) is 0 Å². The molecule has 1 aromatic rings. The summed E-state index contributed by atoms with van der Waals surface area (Å²) in [6, 6.07) is 1.46. The molecule has 0 bridgehead atoms. The number of hydrogen-bond acceptors (Lipinski definition) is 5. The molecule has 0 aliphatic rings. The fourth-order valence-corrected chi connectivity index (χ4v) is 2.39. The van der Waals surface area contributed by atoms with Gasteiger partial charge in [-0.05, 0) is 18.1 Å². The molecule has 0 fully saturated rings. The van der Waals surface area contributed by atoms with Gasteiger partial charge in [0.1, 0.15) is 6.04 Å². The van der Waals surface area contributed by atoms with E-state index in [1.807, 2.05) is 0 Å². The number of nitrogens with zero attached hydrogens (tertiary/aromatic N) is 2. The van der Waals surface area contributed by atoms with Gasteiger partial charge in [-0.25, -0.2) is 22.5 Å². The van der Waals surface area contributed by atoms with Crippen LogP contribution in [-0.4, -0.2) is 54.8 Å². The number of carboxylic acid groups (broad SMARTS) is 1. The number of carbonyl (C=O) groups is 2. The molecule has 1 rings (SSSR count). The van der Waals surface area contributed by atoms with E-state index in [0.29, 0.717) is 0 Å². The molecule has 0 aliphatic heterocycles. The maximum Gasteiger partial charge on any atom is 0.326 e. The molecular formula is C13H19N3O5S. The summed E-state index contributed by atoms with van der Waals surface area (Å²) in [5, 5.41) is 11.2. The molecule has 0 unspecified atom stereocenters. The van der Waals surface area contributed by atoms with Gasteiger partial charge in [-0.1, -0.05) is 13.8 Å². The summed E-state index contributed by atoms with van der Waals surface area (Å²) in [4.78, 5) is 26.8. The first-order valence-corrected chi connectivity index (χ1v) is 7.93. The average molecular weight is 329 g/mol. The van der Waals surface area contributed by atoms with Crippen LogP contribution in [-0.2, 0) is 14.8 Å². The lowest BCUT2D eigenvalue weighted by Crippen LogP contribution is -2.44. The van der Waals surface area contributed by atoms with Crippen LogP contribution in [0, 0.1) is 5.92 Å².